The zero-order chi connectivity index (χ0) is 12.8. The van der Waals surface area contributed by atoms with Crippen LogP contribution in [0.25, 0.3) is 0 Å². The molecule has 0 saturated carbocycles. The lowest BCUT2D eigenvalue weighted by Gasteiger charge is -2.15. The van der Waals surface area contributed by atoms with Crippen molar-refractivity contribution in [2.45, 2.75) is 19.6 Å². The minimum Gasteiger partial charge on any atom is -0.374 e. The highest BCUT2D eigenvalue weighted by Gasteiger charge is 2.11. The molecule has 1 unspecified atom stereocenters. The van der Waals surface area contributed by atoms with Gasteiger partial charge in [0.05, 0.1) is 0 Å². The Morgan fingerprint density at radius 2 is 2.12 bits per heavy atom. The summed E-state index contributed by atoms with van der Waals surface area (Å²) in [4.78, 5) is 2.07. The summed E-state index contributed by atoms with van der Waals surface area (Å²) in [7, 11) is 3.99. The van der Waals surface area contributed by atoms with Crippen LogP contribution >= 0.6 is 0 Å². The van der Waals surface area contributed by atoms with E-state index in [2.05, 4.69) is 10.2 Å². The summed E-state index contributed by atoms with van der Waals surface area (Å²) in [5.41, 5.74) is 1.16. The van der Waals surface area contributed by atoms with E-state index in [1.54, 1.807) is 12.1 Å². The van der Waals surface area contributed by atoms with E-state index in [1.165, 1.54) is 6.07 Å². The van der Waals surface area contributed by atoms with Crippen LogP contribution in [0.2, 0.25) is 0 Å². The molecule has 1 atom stereocenters. The molecule has 1 aromatic rings. The highest BCUT2D eigenvalue weighted by Crippen LogP contribution is 2.16. The number of aliphatic hydroxyl groups is 1. The van der Waals surface area contributed by atoms with Gasteiger partial charge in [-0.3, -0.25) is 5.32 Å². The Kier molecular flexibility index (Phi) is 5.55. The van der Waals surface area contributed by atoms with Crippen molar-refractivity contribution < 1.29 is 9.50 Å². The number of nitrogens with one attached hydrogen (secondary N) is 1. The molecule has 0 bridgehead atoms. The molecule has 17 heavy (non-hydrogen) atoms. The number of halogens is 1. The van der Waals surface area contributed by atoms with E-state index in [0.29, 0.717) is 12.1 Å². The number of hydrogen-bond acceptors (Lipinski definition) is 3. The lowest BCUT2D eigenvalue weighted by molar-refractivity contribution is 0.133. The second-order valence-electron chi connectivity index (χ2n) is 4.54. The Morgan fingerprint density at radius 3 is 2.71 bits per heavy atom. The van der Waals surface area contributed by atoms with Gasteiger partial charge in [-0.1, -0.05) is 12.1 Å². The van der Waals surface area contributed by atoms with Gasteiger partial charge in [0.25, 0.3) is 0 Å². The third-order valence-corrected chi connectivity index (χ3v) is 2.57. The van der Waals surface area contributed by atoms with Crippen LogP contribution in [-0.2, 0) is 0 Å². The topological polar surface area (TPSA) is 35.5 Å². The van der Waals surface area contributed by atoms with Crippen molar-refractivity contribution in [3.05, 3.63) is 35.1 Å². The van der Waals surface area contributed by atoms with Crippen molar-refractivity contribution in [3.8, 4) is 0 Å². The van der Waals surface area contributed by atoms with Crippen molar-refractivity contribution in [1.29, 1.82) is 0 Å². The molecule has 2 N–H and O–H groups in total. The van der Waals surface area contributed by atoms with E-state index >= 15 is 0 Å². The Morgan fingerprint density at radius 1 is 1.41 bits per heavy atom. The molecular formula is C13H21FN2O. The van der Waals surface area contributed by atoms with E-state index in [4.69, 9.17) is 0 Å². The molecule has 0 radical (unpaired) electrons. The highest BCUT2D eigenvalue weighted by atomic mass is 19.1. The van der Waals surface area contributed by atoms with Gasteiger partial charge in [-0.15, -0.1) is 0 Å². The van der Waals surface area contributed by atoms with Gasteiger partial charge in [0, 0.05) is 5.56 Å². The molecule has 0 aromatic heterocycles. The van der Waals surface area contributed by atoms with E-state index in [0.717, 1.165) is 18.5 Å². The lowest BCUT2D eigenvalue weighted by atomic mass is 10.1. The molecule has 0 amide bonds. The molecule has 0 aliphatic carbocycles. The SMILES string of the molecule is Cc1ccc(C(O)NCCCN(C)C)c(F)c1. The maximum absolute atomic E-state index is 13.5. The van der Waals surface area contributed by atoms with Crippen molar-refractivity contribution >= 4 is 0 Å². The lowest BCUT2D eigenvalue weighted by Crippen LogP contribution is -2.25. The number of benzene rings is 1. The van der Waals surface area contributed by atoms with Crippen LogP contribution in [0.1, 0.15) is 23.8 Å². The van der Waals surface area contributed by atoms with Gasteiger partial charge in [-0.2, -0.15) is 0 Å². The number of aliphatic hydroxyl groups excluding tert-OH is 1. The van der Waals surface area contributed by atoms with E-state index in [-0.39, 0.29) is 5.82 Å². The van der Waals surface area contributed by atoms with Crippen molar-refractivity contribution in [3.63, 3.8) is 0 Å². The first-order valence-electron chi connectivity index (χ1n) is 5.83. The van der Waals surface area contributed by atoms with Crippen LogP contribution in [-0.4, -0.2) is 37.2 Å². The quantitative estimate of drug-likeness (QED) is 0.586. The van der Waals surface area contributed by atoms with Crippen LogP contribution in [0.15, 0.2) is 18.2 Å². The average Bonchev–Trinajstić information content (AvgIpc) is 2.23. The van der Waals surface area contributed by atoms with Crippen LogP contribution in [0.3, 0.4) is 0 Å². The van der Waals surface area contributed by atoms with Gasteiger partial charge in [-0.25, -0.2) is 4.39 Å². The molecule has 0 fully saturated rings. The largest absolute Gasteiger partial charge is 0.374 e. The summed E-state index contributed by atoms with van der Waals surface area (Å²) in [6, 6.07) is 4.84. The summed E-state index contributed by atoms with van der Waals surface area (Å²) >= 11 is 0. The van der Waals surface area contributed by atoms with Crippen molar-refractivity contribution in [1.82, 2.24) is 10.2 Å². The second-order valence-corrected chi connectivity index (χ2v) is 4.54. The first-order chi connectivity index (χ1) is 8.00. The summed E-state index contributed by atoms with van der Waals surface area (Å²) in [6.45, 7) is 3.42. The Bertz CT molecular complexity index is 355. The molecule has 4 heteroatoms. The predicted octanol–water partition coefficient (Wildman–Crippen LogP) is 1.67. The Balaban J connectivity index is 2.44. The maximum Gasteiger partial charge on any atom is 0.133 e. The number of aryl methyl sites for hydroxylation is 1. The van der Waals surface area contributed by atoms with Crippen LogP contribution in [0, 0.1) is 12.7 Å². The fourth-order valence-corrected chi connectivity index (χ4v) is 1.60. The fourth-order valence-electron chi connectivity index (χ4n) is 1.60. The van der Waals surface area contributed by atoms with Gasteiger partial charge >= 0.3 is 0 Å². The molecule has 0 saturated heterocycles. The third kappa shape index (κ3) is 4.81. The molecule has 96 valence electrons. The molecule has 3 nitrogen and oxygen atoms in total. The summed E-state index contributed by atoms with van der Waals surface area (Å²) < 4.78 is 13.5. The number of rotatable bonds is 6. The van der Waals surface area contributed by atoms with E-state index < -0.39 is 6.23 Å². The Hall–Kier alpha value is -0.970. The van der Waals surface area contributed by atoms with Crippen LogP contribution in [0.4, 0.5) is 4.39 Å². The molecule has 0 heterocycles. The van der Waals surface area contributed by atoms with Gasteiger partial charge in [0.1, 0.15) is 12.0 Å². The third-order valence-electron chi connectivity index (χ3n) is 2.57. The highest BCUT2D eigenvalue weighted by molar-refractivity contribution is 5.24. The standard InChI is InChI=1S/C13H21FN2O/c1-10-5-6-11(12(14)9-10)13(17)15-7-4-8-16(2)3/h5-6,9,13,15,17H,4,7-8H2,1-3H3. The van der Waals surface area contributed by atoms with E-state index in [9.17, 15) is 9.50 Å². The first kappa shape index (κ1) is 14.1. The predicted molar refractivity (Wildman–Crippen MR) is 67.3 cm³/mol. The minimum atomic E-state index is -0.933. The van der Waals surface area contributed by atoms with Gasteiger partial charge in [0.2, 0.25) is 0 Å². The minimum absolute atomic E-state index is 0.306. The zero-order valence-electron chi connectivity index (χ0n) is 10.7. The summed E-state index contributed by atoms with van der Waals surface area (Å²) in [5, 5.41) is 12.7. The summed E-state index contributed by atoms with van der Waals surface area (Å²) in [6.07, 6.45) is -0.0184. The molecule has 1 rings (SSSR count). The van der Waals surface area contributed by atoms with Crippen LogP contribution in [0.5, 0.6) is 0 Å². The smallest absolute Gasteiger partial charge is 0.133 e. The summed E-state index contributed by atoms with van der Waals surface area (Å²) in [5.74, 6) is -0.363. The molecule has 0 spiro atoms. The Labute approximate surface area is 102 Å². The second kappa shape index (κ2) is 6.69. The number of hydrogen-bond donors (Lipinski definition) is 2. The monoisotopic (exact) mass is 240 g/mol. The van der Waals surface area contributed by atoms with Crippen molar-refractivity contribution in [2.24, 2.45) is 0 Å². The molecular weight excluding hydrogens is 219 g/mol. The fraction of sp³-hybridized carbons (Fsp3) is 0.538. The number of nitrogens with zero attached hydrogens (tertiary/aromatic N) is 1. The van der Waals surface area contributed by atoms with Gasteiger partial charge in [-0.05, 0) is 52.2 Å². The van der Waals surface area contributed by atoms with Crippen molar-refractivity contribution in [2.75, 3.05) is 27.2 Å². The average molecular weight is 240 g/mol. The first-order valence-corrected chi connectivity index (χ1v) is 5.83. The van der Waals surface area contributed by atoms with E-state index in [1.807, 2.05) is 21.0 Å². The van der Waals surface area contributed by atoms with Gasteiger partial charge in [0.15, 0.2) is 0 Å². The molecule has 1 aromatic carbocycles. The zero-order valence-corrected chi connectivity index (χ0v) is 10.7. The maximum atomic E-state index is 13.5. The van der Waals surface area contributed by atoms with Crippen LogP contribution < -0.4 is 5.32 Å². The molecule has 0 aliphatic heterocycles. The normalized spacial score (nSPS) is 13.1. The molecule has 0 aliphatic rings. The van der Waals surface area contributed by atoms with Gasteiger partial charge < -0.3 is 10.0 Å².